The van der Waals surface area contributed by atoms with Gasteiger partial charge in [0.1, 0.15) is 0 Å². The van der Waals surface area contributed by atoms with Crippen LogP contribution in [0.1, 0.15) is 32.1 Å². The second kappa shape index (κ2) is 10.7. The average molecular weight is 312 g/mol. The molecule has 2 aliphatic heterocycles. The summed E-state index contributed by atoms with van der Waals surface area (Å²) >= 11 is 0. The van der Waals surface area contributed by atoms with E-state index in [4.69, 9.17) is 0 Å². The van der Waals surface area contributed by atoms with Crippen molar-refractivity contribution < 1.29 is 4.79 Å². The molecule has 0 atom stereocenters. The lowest BCUT2D eigenvalue weighted by molar-refractivity contribution is -0.125. The summed E-state index contributed by atoms with van der Waals surface area (Å²) in [5.41, 5.74) is 0. The molecule has 0 aromatic rings. The van der Waals surface area contributed by atoms with Gasteiger partial charge in [-0.2, -0.15) is 0 Å². The van der Waals surface area contributed by atoms with Crippen molar-refractivity contribution >= 4 is 30.7 Å². The molecule has 114 valence electrons. The summed E-state index contributed by atoms with van der Waals surface area (Å²) in [6.45, 7) is 6.25. The Morgan fingerprint density at radius 3 is 2.37 bits per heavy atom. The van der Waals surface area contributed by atoms with Crippen LogP contribution in [-0.2, 0) is 4.79 Å². The Morgan fingerprint density at radius 1 is 1.11 bits per heavy atom. The normalized spacial score (nSPS) is 21.1. The molecule has 0 saturated carbocycles. The van der Waals surface area contributed by atoms with Gasteiger partial charge in [-0.15, -0.1) is 24.8 Å². The first-order valence-corrected chi connectivity index (χ1v) is 7.07. The fraction of sp³-hybridized carbons (Fsp3) is 0.923. The number of carbonyl (C=O) groups is 1. The number of hydrogen-bond acceptors (Lipinski definition) is 3. The monoisotopic (exact) mass is 311 g/mol. The highest BCUT2D eigenvalue weighted by Gasteiger charge is 2.20. The van der Waals surface area contributed by atoms with Gasteiger partial charge in [-0.05, 0) is 51.9 Å². The summed E-state index contributed by atoms with van der Waals surface area (Å²) < 4.78 is 0. The highest BCUT2D eigenvalue weighted by atomic mass is 35.5. The molecule has 2 N–H and O–H groups in total. The maximum absolute atomic E-state index is 11.9. The molecule has 0 aliphatic carbocycles. The van der Waals surface area contributed by atoms with Gasteiger partial charge in [0, 0.05) is 19.0 Å². The second-order valence-electron chi connectivity index (χ2n) is 5.22. The first kappa shape index (κ1) is 19.0. The molecule has 2 saturated heterocycles. The van der Waals surface area contributed by atoms with Crippen LogP contribution < -0.4 is 10.6 Å². The molecule has 0 radical (unpaired) electrons. The second-order valence-corrected chi connectivity index (χ2v) is 5.22. The Balaban J connectivity index is 0.00000162. The van der Waals surface area contributed by atoms with E-state index in [1.807, 2.05) is 0 Å². The zero-order valence-corrected chi connectivity index (χ0v) is 13.2. The number of rotatable bonds is 4. The number of nitrogens with zero attached hydrogens (tertiary/aromatic N) is 1. The van der Waals surface area contributed by atoms with E-state index in [1.54, 1.807) is 0 Å². The van der Waals surface area contributed by atoms with Gasteiger partial charge in [0.15, 0.2) is 0 Å². The Labute approximate surface area is 128 Å². The van der Waals surface area contributed by atoms with E-state index in [2.05, 4.69) is 15.5 Å². The minimum Gasteiger partial charge on any atom is -0.355 e. The van der Waals surface area contributed by atoms with Gasteiger partial charge >= 0.3 is 0 Å². The van der Waals surface area contributed by atoms with Crippen molar-refractivity contribution in [1.29, 1.82) is 0 Å². The van der Waals surface area contributed by atoms with E-state index in [-0.39, 0.29) is 36.6 Å². The third kappa shape index (κ3) is 6.80. The quantitative estimate of drug-likeness (QED) is 0.825. The molecule has 0 spiro atoms. The maximum atomic E-state index is 11.9. The Bertz CT molecular complexity index is 242. The number of piperidine rings is 2. The van der Waals surface area contributed by atoms with Gasteiger partial charge in [0.2, 0.25) is 5.91 Å². The third-order valence-corrected chi connectivity index (χ3v) is 3.89. The fourth-order valence-electron chi connectivity index (χ4n) is 2.75. The third-order valence-electron chi connectivity index (χ3n) is 3.89. The van der Waals surface area contributed by atoms with Crippen molar-refractivity contribution in [2.75, 3.05) is 39.3 Å². The lowest BCUT2D eigenvalue weighted by Gasteiger charge is -2.27. The summed E-state index contributed by atoms with van der Waals surface area (Å²) in [5, 5.41) is 6.38. The zero-order valence-electron chi connectivity index (χ0n) is 11.5. The minimum atomic E-state index is 0. The van der Waals surface area contributed by atoms with Gasteiger partial charge < -0.3 is 15.5 Å². The zero-order chi connectivity index (χ0) is 11.9. The van der Waals surface area contributed by atoms with Gasteiger partial charge in [0.25, 0.3) is 0 Å². The number of likely N-dealkylation sites (tertiary alicyclic amines) is 1. The van der Waals surface area contributed by atoms with Crippen LogP contribution in [-0.4, -0.2) is 50.1 Å². The van der Waals surface area contributed by atoms with Crippen LogP contribution in [0.3, 0.4) is 0 Å². The van der Waals surface area contributed by atoms with Crippen molar-refractivity contribution in [3.63, 3.8) is 0 Å². The average Bonchev–Trinajstić information content (AvgIpc) is 2.41. The van der Waals surface area contributed by atoms with Crippen LogP contribution in [0.25, 0.3) is 0 Å². The van der Waals surface area contributed by atoms with Gasteiger partial charge in [0.05, 0.1) is 0 Å². The molecule has 0 unspecified atom stereocenters. The summed E-state index contributed by atoms with van der Waals surface area (Å²) in [4.78, 5) is 14.3. The molecule has 2 aliphatic rings. The molecule has 0 aromatic heterocycles. The molecular formula is C13H27Cl2N3O. The van der Waals surface area contributed by atoms with Gasteiger partial charge in [-0.25, -0.2) is 0 Å². The predicted octanol–water partition coefficient (Wildman–Crippen LogP) is 1.43. The van der Waals surface area contributed by atoms with Crippen LogP contribution in [0, 0.1) is 5.92 Å². The van der Waals surface area contributed by atoms with E-state index < -0.39 is 0 Å². The van der Waals surface area contributed by atoms with E-state index >= 15 is 0 Å². The maximum Gasteiger partial charge on any atom is 0.223 e. The number of hydrogen-bond donors (Lipinski definition) is 2. The van der Waals surface area contributed by atoms with E-state index in [1.165, 1.54) is 32.4 Å². The topological polar surface area (TPSA) is 44.4 Å². The minimum absolute atomic E-state index is 0. The van der Waals surface area contributed by atoms with Crippen LogP contribution in [0.4, 0.5) is 0 Å². The highest BCUT2D eigenvalue weighted by molar-refractivity contribution is 5.85. The molecule has 2 heterocycles. The largest absolute Gasteiger partial charge is 0.355 e. The fourth-order valence-corrected chi connectivity index (χ4v) is 2.75. The Kier molecular flexibility index (Phi) is 10.7. The van der Waals surface area contributed by atoms with Gasteiger partial charge in [-0.1, -0.05) is 6.42 Å². The van der Waals surface area contributed by atoms with Crippen LogP contribution in [0.15, 0.2) is 0 Å². The molecule has 1 amide bonds. The van der Waals surface area contributed by atoms with Crippen LogP contribution >= 0.6 is 24.8 Å². The molecule has 2 rings (SSSR count). The SMILES string of the molecule is Cl.Cl.O=C(NCCN1CCCCC1)C1CCNCC1. The summed E-state index contributed by atoms with van der Waals surface area (Å²) in [5.74, 6) is 0.515. The first-order chi connectivity index (χ1) is 8.36. The Hall–Kier alpha value is -0.0300. The number of amides is 1. The molecule has 19 heavy (non-hydrogen) atoms. The summed E-state index contributed by atoms with van der Waals surface area (Å²) in [6, 6.07) is 0. The van der Waals surface area contributed by atoms with E-state index in [0.29, 0.717) is 0 Å². The lowest BCUT2D eigenvalue weighted by Crippen LogP contribution is -2.42. The Morgan fingerprint density at radius 2 is 1.74 bits per heavy atom. The predicted molar refractivity (Wildman–Crippen MR) is 83.4 cm³/mol. The van der Waals surface area contributed by atoms with Crippen LogP contribution in [0.2, 0.25) is 0 Å². The van der Waals surface area contributed by atoms with Crippen molar-refractivity contribution in [2.45, 2.75) is 32.1 Å². The molecule has 0 bridgehead atoms. The standard InChI is InChI=1S/C13H25N3O.2ClH/c17-13(12-4-6-14-7-5-12)15-8-11-16-9-2-1-3-10-16;;/h12,14H,1-11H2,(H,15,17);2*1H. The highest BCUT2D eigenvalue weighted by Crippen LogP contribution is 2.11. The first-order valence-electron chi connectivity index (χ1n) is 7.07. The van der Waals surface area contributed by atoms with Crippen molar-refractivity contribution in [1.82, 2.24) is 15.5 Å². The lowest BCUT2D eigenvalue weighted by atomic mass is 9.97. The van der Waals surface area contributed by atoms with Crippen LogP contribution in [0.5, 0.6) is 0 Å². The smallest absolute Gasteiger partial charge is 0.223 e. The van der Waals surface area contributed by atoms with E-state index in [9.17, 15) is 4.79 Å². The van der Waals surface area contributed by atoms with Crippen molar-refractivity contribution in [3.8, 4) is 0 Å². The molecule has 2 fully saturated rings. The molecular weight excluding hydrogens is 285 g/mol. The van der Waals surface area contributed by atoms with Crippen molar-refractivity contribution in [2.24, 2.45) is 5.92 Å². The summed E-state index contributed by atoms with van der Waals surface area (Å²) in [6.07, 6.45) is 6.01. The number of halogens is 2. The van der Waals surface area contributed by atoms with Gasteiger partial charge in [-0.3, -0.25) is 4.79 Å². The molecule has 6 heteroatoms. The van der Waals surface area contributed by atoms with E-state index in [0.717, 1.165) is 39.0 Å². The number of nitrogens with one attached hydrogen (secondary N) is 2. The van der Waals surface area contributed by atoms with Crippen molar-refractivity contribution in [3.05, 3.63) is 0 Å². The number of carbonyl (C=O) groups excluding carboxylic acids is 1. The summed E-state index contributed by atoms with van der Waals surface area (Å²) in [7, 11) is 0. The molecule has 4 nitrogen and oxygen atoms in total. The molecule has 0 aromatic carbocycles.